The lowest BCUT2D eigenvalue weighted by Gasteiger charge is -2.03. The van der Waals surface area contributed by atoms with Crippen LogP contribution >= 0.6 is 0 Å². The molecule has 0 spiro atoms. The van der Waals surface area contributed by atoms with Crippen molar-refractivity contribution in [1.82, 2.24) is 5.16 Å². The van der Waals surface area contributed by atoms with Gasteiger partial charge in [-0.2, -0.15) is 8.78 Å². The molecule has 0 atom stereocenters. The van der Waals surface area contributed by atoms with E-state index in [2.05, 4.69) is 9.89 Å². The molecule has 1 aromatic carbocycles. The SMILES string of the molecule is O=C(O)c1cc(-c2ccc(OC(F)F)cc2)on1. The third-order valence-corrected chi connectivity index (χ3v) is 2.09. The largest absolute Gasteiger partial charge is 0.476 e. The molecular weight excluding hydrogens is 248 g/mol. The van der Waals surface area contributed by atoms with Crippen molar-refractivity contribution >= 4 is 5.97 Å². The fourth-order valence-electron chi connectivity index (χ4n) is 1.31. The highest BCUT2D eigenvalue weighted by Crippen LogP contribution is 2.23. The minimum absolute atomic E-state index is 0.00623. The van der Waals surface area contributed by atoms with E-state index in [1.807, 2.05) is 0 Å². The monoisotopic (exact) mass is 255 g/mol. The molecule has 0 unspecified atom stereocenters. The van der Waals surface area contributed by atoms with Crippen molar-refractivity contribution in [1.29, 1.82) is 0 Å². The van der Waals surface area contributed by atoms with E-state index in [4.69, 9.17) is 9.63 Å². The molecule has 0 saturated carbocycles. The Morgan fingerprint density at radius 2 is 2.00 bits per heavy atom. The van der Waals surface area contributed by atoms with Crippen LogP contribution in [0.3, 0.4) is 0 Å². The van der Waals surface area contributed by atoms with Gasteiger partial charge < -0.3 is 14.4 Å². The molecule has 1 aromatic heterocycles. The molecule has 0 saturated heterocycles. The molecule has 2 rings (SSSR count). The van der Waals surface area contributed by atoms with Crippen LogP contribution in [-0.4, -0.2) is 22.8 Å². The van der Waals surface area contributed by atoms with Gasteiger partial charge in [0.2, 0.25) is 0 Å². The molecule has 5 nitrogen and oxygen atoms in total. The van der Waals surface area contributed by atoms with E-state index in [0.717, 1.165) is 0 Å². The third-order valence-electron chi connectivity index (χ3n) is 2.09. The number of halogens is 2. The number of carbonyl (C=O) groups is 1. The number of carboxylic acids is 1. The van der Waals surface area contributed by atoms with Gasteiger partial charge >= 0.3 is 12.6 Å². The van der Waals surface area contributed by atoms with Crippen LogP contribution < -0.4 is 4.74 Å². The first-order valence-corrected chi connectivity index (χ1v) is 4.81. The molecular formula is C11H7F2NO4. The summed E-state index contributed by atoms with van der Waals surface area (Å²) in [7, 11) is 0. The normalized spacial score (nSPS) is 10.6. The average molecular weight is 255 g/mol. The minimum Gasteiger partial charge on any atom is -0.476 e. The maximum absolute atomic E-state index is 11.9. The predicted molar refractivity (Wildman–Crippen MR) is 55.5 cm³/mol. The summed E-state index contributed by atoms with van der Waals surface area (Å²) in [4.78, 5) is 10.6. The van der Waals surface area contributed by atoms with Crippen molar-refractivity contribution in [2.75, 3.05) is 0 Å². The second-order valence-electron chi connectivity index (χ2n) is 3.28. The van der Waals surface area contributed by atoms with Gasteiger partial charge in [-0.05, 0) is 24.3 Å². The smallest absolute Gasteiger partial charge is 0.387 e. The summed E-state index contributed by atoms with van der Waals surface area (Å²) in [5.74, 6) is -0.967. The Bertz CT molecular complexity index is 550. The fourth-order valence-corrected chi connectivity index (χ4v) is 1.31. The lowest BCUT2D eigenvalue weighted by atomic mass is 10.1. The first-order valence-electron chi connectivity index (χ1n) is 4.81. The number of hydrogen-bond acceptors (Lipinski definition) is 4. The first kappa shape index (κ1) is 12.0. The first-order chi connectivity index (χ1) is 8.56. The summed E-state index contributed by atoms with van der Waals surface area (Å²) in [6.45, 7) is -2.89. The van der Waals surface area contributed by atoms with E-state index in [9.17, 15) is 13.6 Å². The van der Waals surface area contributed by atoms with Crippen LogP contribution in [0.5, 0.6) is 5.75 Å². The standard InChI is InChI=1S/C11H7F2NO4/c12-11(13)17-7-3-1-6(2-4-7)9-5-8(10(15)16)14-18-9/h1-5,11H,(H,15,16). The van der Waals surface area contributed by atoms with E-state index in [0.29, 0.717) is 5.56 Å². The highest BCUT2D eigenvalue weighted by Gasteiger charge is 2.12. The van der Waals surface area contributed by atoms with E-state index in [1.54, 1.807) is 0 Å². The van der Waals surface area contributed by atoms with Gasteiger partial charge in [0, 0.05) is 11.6 Å². The molecule has 2 aromatic rings. The van der Waals surface area contributed by atoms with Crippen LogP contribution in [0.25, 0.3) is 11.3 Å². The van der Waals surface area contributed by atoms with Crippen LogP contribution in [0.4, 0.5) is 8.78 Å². The molecule has 0 amide bonds. The zero-order chi connectivity index (χ0) is 13.1. The lowest BCUT2D eigenvalue weighted by molar-refractivity contribution is -0.0498. The number of aromatic nitrogens is 1. The van der Waals surface area contributed by atoms with Crippen LogP contribution in [0.2, 0.25) is 0 Å². The maximum atomic E-state index is 11.9. The predicted octanol–water partition coefficient (Wildman–Crippen LogP) is 2.64. The summed E-state index contributed by atoms with van der Waals surface area (Å²) < 4.78 is 32.8. The van der Waals surface area contributed by atoms with Gasteiger partial charge in [0.1, 0.15) is 5.75 Å². The van der Waals surface area contributed by atoms with Crippen molar-refractivity contribution in [3.63, 3.8) is 0 Å². The van der Waals surface area contributed by atoms with Gasteiger partial charge in [-0.1, -0.05) is 5.16 Å². The number of alkyl halides is 2. The molecule has 1 heterocycles. The Balaban J connectivity index is 2.20. The van der Waals surface area contributed by atoms with E-state index in [1.165, 1.54) is 30.3 Å². The summed E-state index contributed by atoms with van der Waals surface area (Å²) in [6, 6.07) is 6.81. The van der Waals surface area contributed by atoms with Gasteiger partial charge in [0.25, 0.3) is 0 Å². The summed E-state index contributed by atoms with van der Waals surface area (Å²) >= 11 is 0. The average Bonchev–Trinajstić information content (AvgIpc) is 2.78. The van der Waals surface area contributed by atoms with Gasteiger partial charge in [-0.15, -0.1) is 0 Å². The summed E-state index contributed by atoms with van der Waals surface area (Å²) in [5.41, 5.74) is 0.287. The van der Waals surface area contributed by atoms with E-state index >= 15 is 0 Å². The van der Waals surface area contributed by atoms with Crippen LogP contribution in [-0.2, 0) is 0 Å². The molecule has 94 valence electrons. The quantitative estimate of drug-likeness (QED) is 0.909. The zero-order valence-electron chi connectivity index (χ0n) is 8.84. The van der Waals surface area contributed by atoms with Crippen molar-refractivity contribution in [3.05, 3.63) is 36.0 Å². The second-order valence-corrected chi connectivity index (χ2v) is 3.28. The molecule has 7 heteroatoms. The molecule has 18 heavy (non-hydrogen) atoms. The number of hydrogen-bond donors (Lipinski definition) is 1. The van der Waals surface area contributed by atoms with Crippen molar-refractivity contribution in [3.8, 4) is 17.1 Å². The number of carboxylic acid groups (broad SMARTS) is 1. The Morgan fingerprint density at radius 3 is 2.50 bits per heavy atom. The van der Waals surface area contributed by atoms with Crippen molar-refractivity contribution < 1.29 is 27.9 Å². The number of aromatic carboxylic acids is 1. The molecule has 1 N–H and O–H groups in total. The highest BCUT2D eigenvalue weighted by atomic mass is 19.3. The molecule has 0 radical (unpaired) electrons. The van der Waals surface area contributed by atoms with Crippen molar-refractivity contribution in [2.45, 2.75) is 6.61 Å². The van der Waals surface area contributed by atoms with Crippen LogP contribution in [0.15, 0.2) is 34.9 Å². The van der Waals surface area contributed by atoms with E-state index < -0.39 is 12.6 Å². The zero-order valence-corrected chi connectivity index (χ0v) is 8.84. The molecule has 0 aliphatic carbocycles. The topological polar surface area (TPSA) is 72.6 Å². The number of benzene rings is 1. The summed E-state index contributed by atoms with van der Waals surface area (Å²) in [5, 5.41) is 12.0. The van der Waals surface area contributed by atoms with Gasteiger partial charge in [-0.25, -0.2) is 4.79 Å². The second kappa shape index (κ2) is 4.82. The van der Waals surface area contributed by atoms with Crippen molar-refractivity contribution in [2.24, 2.45) is 0 Å². The Labute approximate surface area is 99.6 Å². The number of rotatable bonds is 4. The van der Waals surface area contributed by atoms with Gasteiger partial charge in [-0.3, -0.25) is 0 Å². The van der Waals surface area contributed by atoms with Crippen LogP contribution in [0.1, 0.15) is 10.5 Å². The van der Waals surface area contributed by atoms with Gasteiger partial charge in [0.05, 0.1) is 0 Å². The summed E-state index contributed by atoms with van der Waals surface area (Å²) in [6.07, 6.45) is 0. The lowest BCUT2D eigenvalue weighted by Crippen LogP contribution is -2.01. The Kier molecular flexibility index (Phi) is 3.22. The third kappa shape index (κ3) is 2.62. The van der Waals surface area contributed by atoms with Crippen LogP contribution in [0, 0.1) is 0 Å². The molecule has 0 aliphatic rings. The maximum Gasteiger partial charge on any atom is 0.387 e. The minimum atomic E-state index is -2.89. The van der Waals surface area contributed by atoms with Gasteiger partial charge in [0.15, 0.2) is 11.5 Å². The van der Waals surface area contributed by atoms with E-state index in [-0.39, 0.29) is 17.2 Å². The molecule has 0 fully saturated rings. The molecule has 0 bridgehead atoms. The molecule has 0 aliphatic heterocycles. The Hall–Kier alpha value is -2.44. The Morgan fingerprint density at radius 1 is 1.33 bits per heavy atom. The number of ether oxygens (including phenoxy) is 1. The number of nitrogens with zero attached hydrogens (tertiary/aromatic N) is 1. The highest BCUT2D eigenvalue weighted by molar-refractivity contribution is 5.86. The fraction of sp³-hybridized carbons (Fsp3) is 0.0909.